The van der Waals surface area contributed by atoms with Crippen LogP contribution in [0.4, 0.5) is 0 Å². The van der Waals surface area contributed by atoms with Crippen LogP contribution in [0.2, 0.25) is 0 Å². The van der Waals surface area contributed by atoms with E-state index in [9.17, 15) is 8.42 Å². The number of piperidine rings is 1. The molecule has 4 nitrogen and oxygen atoms in total. The summed E-state index contributed by atoms with van der Waals surface area (Å²) >= 11 is 1.67. The van der Waals surface area contributed by atoms with Gasteiger partial charge in [-0.05, 0) is 25.6 Å². The van der Waals surface area contributed by atoms with Crippen molar-refractivity contribution in [3.63, 3.8) is 0 Å². The normalized spacial score (nSPS) is 22.6. The first-order valence-corrected chi connectivity index (χ1v) is 8.73. The maximum atomic E-state index is 12.0. The predicted molar refractivity (Wildman–Crippen MR) is 70.4 cm³/mol. The van der Waals surface area contributed by atoms with Gasteiger partial charge in [-0.1, -0.05) is 6.42 Å². The average molecular weight is 266 g/mol. The molecule has 1 aliphatic heterocycles. The van der Waals surface area contributed by atoms with E-state index in [0.29, 0.717) is 6.54 Å². The number of nitrogens with zero attached hydrogens (tertiary/aromatic N) is 1. The van der Waals surface area contributed by atoms with E-state index >= 15 is 0 Å². The Balaban J connectivity index is 2.42. The first-order valence-electron chi connectivity index (χ1n) is 5.72. The van der Waals surface area contributed by atoms with E-state index in [1.165, 1.54) is 10.7 Å². The molecule has 0 radical (unpaired) electrons. The summed E-state index contributed by atoms with van der Waals surface area (Å²) < 4.78 is 25.4. The highest BCUT2D eigenvalue weighted by atomic mass is 32.2. The lowest BCUT2D eigenvalue weighted by atomic mass is 10.1. The highest BCUT2D eigenvalue weighted by Crippen LogP contribution is 2.11. The summed E-state index contributed by atoms with van der Waals surface area (Å²) in [4.78, 5) is 0. The Hall–Kier alpha value is 0.220. The Morgan fingerprint density at radius 3 is 2.75 bits per heavy atom. The molecule has 1 fully saturated rings. The van der Waals surface area contributed by atoms with E-state index in [0.717, 1.165) is 25.1 Å². The zero-order valence-electron chi connectivity index (χ0n) is 10.1. The van der Waals surface area contributed by atoms with Gasteiger partial charge in [-0.15, -0.1) is 0 Å². The lowest BCUT2D eigenvalue weighted by Crippen LogP contribution is -2.43. The summed E-state index contributed by atoms with van der Waals surface area (Å²) in [5, 5.41) is 3.28. The van der Waals surface area contributed by atoms with Crippen LogP contribution >= 0.6 is 11.8 Å². The van der Waals surface area contributed by atoms with Crippen LogP contribution in [0.15, 0.2) is 0 Å². The van der Waals surface area contributed by atoms with E-state index in [2.05, 4.69) is 5.32 Å². The summed E-state index contributed by atoms with van der Waals surface area (Å²) in [6.45, 7) is 1.56. The molecule has 1 rings (SSSR count). The van der Waals surface area contributed by atoms with Gasteiger partial charge in [0.2, 0.25) is 10.0 Å². The van der Waals surface area contributed by atoms with Crippen molar-refractivity contribution in [3.8, 4) is 0 Å². The third kappa shape index (κ3) is 4.61. The molecule has 1 heterocycles. The number of rotatable bonds is 6. The van der Waals surface area contributed by atoms with Gasteiger partial charge in [0, 0.05) is 25.4 Å². The van der Waals surface area contributed by atoms with Gasteiger partial charge >= 0.3 is 0 Å². The summed E-state index contributed by atoms with van der Waals surface area (Å²) in [7, 11) is -1.40. The molecule has 96 valence electrons. The molecule has 0 spiro atoms. The molecule has 1 saturated heterocycles. The molecule has 6 heteroatoms. The van der Waals surface area contributed by atoms with Gasteiger partial charge in [-0.3, -0.25) is 0 Å². The summed E-state index contributed by atoms with van der Waals surface area (Å²) in [6, 6.07) is 0.149. The second-order valence-corrected chi connectivity index (χ2v) is 7.35. The van der Waals surface area contributed by atoms with E-state index in [4.69, 9.17) is 0 Å². The van der Waals surface area contributed by atoms with Gasteiger partial charge < -0.3 is 5.32 Å². The van der Waals surface area contributed by atoms with Crippen molar-refractivity contribution in [1.29, 1.82) is 0 Å². The van der Waals surface area contributed by atoms with Gasteiger partial charge in [0.05, 0.1) is 5.75 Å². The molecule has 1 N–H and O–H groups in total. The number of hydrogen-bond donors (Lipinski definition) is 1. The molecule has 1 atom stereocenters. The smallest absolute Gasteiger partial charge is 0.215 e. The van der Waals surface area contributed by atoms with Crippen LogP contribution in [0.3, 0.4) is 0 Å². The summed E-state index contributed by atoms with van der Waals surface area (Å²) in [5.41, 5.74) is 0. The van der Waals surface area contributed by atoms with Crippen molar-refractivity contribution in [2.45, 2.75) is 25.3 Å². The Bertz CT molecular complexity index is 287. The fourth-order valence-electron chi connectivity index (χ4n) is 1.81. The highest BCUT2D eigenvalue weighted by Gasteiger charge is 2.24. The molecular formula is C10H22N2O2S2. The number of sulfonamides is 1. The van der Waals surface area contributed by atoms with Crippen LogP contribution in [-0.4, -0.2) is 56.7 Å². The first kappa shape index (κ1) is 14.3. The summed E-state index contributed by atoms with van der Waals surface area (Å²) in [5.74, 6) is 1.10. The number of nitrogens with one attached hydrogen (secondary N) is 1. The molecule has 0 bridgehead atoms. The van der Waals surface area contributed by atoms with Crippen LogP contribution < -0.4 is 5.32 Å². The molecule has 0 aliphatic carbocycles. The maximum Gasteiger partial charge on any atom is 0.215 e. The molecule has 0 aromatic heterocycles. The zero-order chi connectivity index (χ0) is 12.0. The third-order valence-electron chi connectivity index (χ3n) is 2.91. The first-order chi connectivity index (χ1) is 7.56. The van der Waals surface area contributed by atoms with Gasteiger partial charge in [0.15, 0.2) is 0 Å². The Kier molecular flexibility index (Phi) is 6.10. The molecule has 0 aromatic rings. The van der Waals surface area contributed by atoms with E-state index in [1.54, 1.807) is 18.8 Å². The fraction of sp³-hybridized carbons (Fsp3) is 1.00. The van der Waals surface area contributed by atoms with Crippen molar-refractivity contribution in [3.05, 3.63) is 0 Å². The van der Waals surface area contributed by atoms with Gasteiger partial charge in [0.1, 0.15) is 0 Å². The van der Waals surface area contributed by atoms with Crippen LogP contribution in [0.1, 0.15) is 19.3 Å². The maximum absolute atomic E-state index is 12.0. The minimum Gasteiger partial charge on any atom is -0.313 e. The quantitative estimate of drug-likeness (QED) is 0.771. The van der Waals surface area contributed by atoms with E-state index in [-0.39, 0.29) is 11.8 Å². The highest BCUT2D eigenvalue weighted by molar-refractivity contribution is 7.98. The topological polar surface area (TPSA) is 49.4 Å². The molecule has 0 saturated carbocycles. The standard InChI is InChI=1S/C10H22N2O2S2/c1-12(7-8-15-2)16(13,14)9-10-5-3-4-6-11-10/h10-11H,3-9H2,1-2H3. The van der Waals surface area contributed by atoms with Crippen molar-refractivity contribution >= 4 is 21.8 Å². The summed E-state index contributed by atoms with van der Waals surface area (Å²) in [6.07, 6.45) is 5.28. The molecule has 1 aliphatic rings. The van der Waals surface area contributed by atoms with Crippen LogP contribution in [0, 0.1) is 0 Å². The molecule has 1 unspecified atom stereocenters. The van der Waals surface area contributed by atoms with Crippen molar-refractivity contribution in [2.75, 3.05) is 37.9 Å². The molecule has 0 aromatic carbocycles. The average Bonchev–Trinajstić information content (AvgIpc) is 2.26. The van der Waals surface area contributed by atoms with Gasteiger partial charge in [-0.2, -0.15) is 11.8 Å². The van der Waals surface area contributed by atoms with Gasteiger partial charge in [0.25, 0.3) is 0 Å². The Morgan fingerprint density at radius 1 is 1.44 bits per heavy atom. The van der Waals surface area contributed by atoms with Crippen LogP contribution in [-0.2, 0) is 10.0 Å². The van der Waals surface area contributed by atoms with Crippen LogP contribution in [0.5, 0.6) is 0 Å². The lowest BCUT2D eigenvalue weighted by Gasteiger charge is -2.25. The SMILES string of the molecule is CSCCN(C)S(=O)(=O)CC1CCCCN1. The zero-order valence-corrected chi connectivity index (χ0v) is 11.7. The fourth-order valence-corrected chi connectivity index (χ4v) is 3.80. The Labute approximate surface area is 103 Å². The van der Waals surface area contributed by atoms with Crippen LogP contribution in [0.25, 0.3) is 0 Å². The molecule has 16 heavy (non-hydrogen) atoms. The van der Waals surface area contributed by atoms with E-state index in [1.807, 2.05) is 6.26 Å². The largest absolute Gasteiger partial charge is 0.313 e. The second kappa shape index (κ2) is 6.83. The minimum absolute atomic E-state index is 0.149. The minimum atomic E-state index is -3.07. The molecule has 0 amide bonds. The van der Waals surface area contributed by atoms with E-state index < -0.39 is 10.0 Å². The Morgan fingerprint density at radius 2 is 2.19 bits per heavy atom. The van der Waals surface area contributed by atoms with Crippen molar-refractivity contribution in [2.24, 2.45) is 0 Å². The lowest BCUT2D eigenvalue weighted by molar-refractivity contribution is 0.412. The molecular weight excluding hydrogens is 244 g/mol. The van der Waals surface area contributed by atoms with Crippen molar-refractivity contribution < 1.29 is 8.42 Å². The van der Waals surface area contributed by atoms with Crippen molar-refractivity contribution in [1.82, 2.24) is 9.62 Å². The second-order valence-electron chi connectivity index (χ2n) is 4.24. The third-order valence-corrected chi connectivity index (χ3v) is 5.46. The predicted octanol–water partition coefficient (Wildman–Crippen LogP) is 0.753. The number of hydrogen-bond acceptors (Lipinski definition) is 4. The van der Waals surface area contributed by atoms with Gasteiger partial charge in [-0.25, -0.2) is 12.7 Å². The number of thioether (sulfide) groups is 1. The monoisotopic (exact) mass is 266 g/mol.